The van der Waals surface area contributed by atoms with Crippen LogP contribution >= 0.6 is 11.6 Å². The first-order chi connectivity index (χ1) is 9.13. The van der Waals surface area contributed by atoms with Crippen molar-refractivity contribution < 1.29 is 9.47 Å². The molecule has 0 saturated heterocycles. The molecule has 4 heteroatoms. The summed E-state index contributed by atoms with van der Waals surface area (Å²) in [5, 5.41) is 0.633. The predicted octanol–water partition coefficient (Wildman–Crippen LogP) is 3.28. The van der Waals surface area contributed by atoms with Gasteiger partial charge in [-0.15, -0.1) is 0 Å². The Hall–Kier alpha value is -0.770. The molecule has 0 amide bonds. The largest absolute Gasteiger partial charge is 0.490 e. The fraction of sp³-hybridized carbons (Fsp3) is 0.600. The molecule has 1 rings (SSSR count). The van der Waals surface area contributed by atoms with Gasteiger partial charge in [-0.25, -0.2) is 0 Å². The molecular formula is C15H24ClNO2. The summed E-state index contributed by atoms with van der Waals surface area (Å²) in [6, 6.07) is 5.79. The second kappa shape index (κ2) is 9.18. The van der Waals surface area contributed by atoms with Crippen molar-refractivity contribution >= 4 is 11.6 Å². The van der Waals surface area contributed by atoms with Crippen molar-refractivity contribution in [1.82, 2.24) is 0 Å². The molecule has 3 nitrogen and oxygen atoms in total. The summed E-state index contributed by atoms with van der Waals surface area (Å²) in [5.74, 6) is 1.38. The van der Waals surface area contributed by atoms with E-state index in [0.29, 0.717) is 36.4 Å². The van der Waals surface area contributed by atoms with Gasteiger partial charge in [-0.05, 0) is 43.0 Å². The number of ether oxygens (including phenoxy) is 2. The van der Waals surface area contributed by atoms with E-state index >= 15 is 0 Å². The van der Waals surface area contributed by atoms with Crippen molar-refractivity contribution in [3.8, 4) is 5.75 Å². The van der Waals surface area contributed by atoms with E-state index in [0.717, 1.165) is 25.0 Å². The zero-order valence-electron chi connectivity index (χ0n) is 11.8. The maximum absolute atomic E-state index is 6.14. The standard InChI is InChI=1S/C15H24ClNO2/c1-12(2)6-8-18-9-10-19-15-4-3-13(5-7-17)11-14(15)16/h3-4,11-12H,5-10,17H2,1-2H3. The fourth-order valence-corrected chi connectivity index (χ4v) is 1.87. The highest BCUT2D eigenvalue weighted by Gasteiger charge is 2.03. The van der Waals surface area contributed by atoms with Gasteiger partial charge in [0.25, 0.3) is 0 Å². The highest BCUT2D eigenvalue weighted by molar-refractivity contribution is 6.32. The van der Waals surface area contributed by atoms with Crippen molar-refractivity contribution in [2.24, 2.45) is 11.7 Å². The SMILES string of the molecule is CC(C)CCOCCOc1ccc(CCN)cc1Cl. The summed E-state index contributed by atoms with van der Waals surface area (Å²) in [6.45, 7) is 6.89. The third kappa shape index (κ3) is 6.81. The van der Waals surface area contributed by atoms with Crippen LogP contribution < -0.4 is 10.5 Å². The molecule has 0 atom stereocenters. The van der Waals surface area contributed by atoms with Crippen LogP contribution in [-0.4, -0.2) is 26.4 Å². The van der Waals surface area contributed by atoms with Crippen LogP contribution in [0.4, 0.5) is 0 Å². The van der Waals surface area contributed by atoms with E-state index in [4.69, 9.17) is 26.8 Å². The number of rotatable bonds is 9. The van der Waals surface area contributed by atoms with E-state index in [1.807, 2.05) is 18.2 Å². The smallest absolute Gasteiger partial charge is 0.138 e. The van der Waals surface area contributed by atoms with Crippen LogP contribution in [0.3, 0.4) is 0 Å². The van der Waals surface area contributed by atoms with Crippen LogP contribution in [0.2, 0.25) is 5.02 Å². The second-order valence-electron chi connectivity index (χ2n) is 4.95. The maximum Gasteiger partial charge on any atom is 0.138 e. The molecule has 0 saturated carbocycles. The molecule has 108 valence electrons. The lowest BCUT2D eigenvalue weighted by molar-refractivity contribution is 0.0926. The first-order valence-electron chi connectivity index (χ1n) is 6.82. The van der Waals surface area contributed by atoms with E-state index in [1.54, 1.807) is 0 Å². The quantitative estimate of drug-likeness (QED) is 0.708. The normalized spacial score (nSPS) is 11.0. The molecule has 0 fully saturated rings. The third-order valence-corrected chi connectivity index (χ3v) is 3.05. The van der Waals surface area contributed by atoms with Gasteiger partial charge in [0.05, 0.1) is 11.6 Å². The first-order valence-corrected chi connectivity index (χ1v) is 7.20. The predicted molar refractivity (Wildman–Crippen MR) is 80.0 cm³/mol. The highest BCUT2D eigenvalue weighted by atomic mass is 35.5. The van der Waals surface area contributed by atoms with Gasteiger partial charge >= 0.3 is 0 Å². The van der Waals surface area contributed by atoms with E-state index in [9.17, 15) is 0 Å². The molecule has 0 spiro atoms. The molecule has 0 bridgehead atoms. The Kier molecular flexibility index (Phi) is 7.87. The first kappa shape index (κ1) is 16.3. The van der Waals surface area contributed by atoms with Gasteiger partial charge in [-0.3, -0.25) is 0 Å². The zero-order chi connectivity index (χ0) is 14.1. The minimum atomic E-state index is 0.522. The van der Waals surface area contributed by atoms with Gasteiger partial charge in [-0.2, -0.15) is 0 Å². The van der Waals surface area contributed by atoms with Gasteiger partial charge in [0, 0.05) is 6.61 Å². The monoisotopic (exact) mass is 285 g/mol. The van der Waals surface area contributed by atoms with Gasteiger partial charge in [0.2, 0.25) is 0 Å². The molecule has 0 radical (unpaired) electrons. The Balaban J connectivity index is 2.25. The molecule has 0 aliphatic heterocycles. The highest BCUT2D eigenvalue weighted by Crippen LogP contribution is 2.25. The number of halogens is 1. The van der Waals surface area contributed by atoms with Crippen LogP contribution in [0.25, 0.3) is 0 Å². The Bertz CT molecular complexity index is 369. The number of nitrogens with two attached hydrogens (primary N) is 1. The van der Waals surface area contributed by atoms with Crippen molar-refractivity contribution in [2.75, 3.05) is 26.4 Å². The lowest BCUT2D eigenvalue weighted by atomic mass is 10.1. The van der Waals surface area contributed by atoms with Gasteiger partial charge in [-0.1, -0.05) is 31.5 Å². The zero-order valence-corrected chi connectivity index (χ0v) is 12.6. The Morgan fingerprint density at radius 3 is 2.63 bits per heavy atom. The Morgan fingerprint density at radius 2 is 2.00 bits per heavy atom. The molecule has 0 heterocycles. The van der Waals surface area contributed by atoms with Crippen LogP contribution in [0, 0.1) is 5.92 Å². The summed E-state index contributed by atoms with van der Waals surface area (Å²) in [6.07, 6.45) is 1.91. The van der Waals surface area contributed by atoms with Crippen LogP contribution in [0.1, 0.15) is 25.8 Å². The van der Waals surface area contributed by atoms with E-state index < -0.39 is 0 Å². The maximum atomic E-state index is 6.14. The molecule has 2 N–H and O–H groups in total. The summed E-state index contributed by atoms with van der Waals surface area (Å²) < 4.78 is 11.1. The fourth-order valence-electron chi connectivity index (χ4n) is 1.62. The second-order valence-corrected chi connectivity index (χ2v) is 5.35. The summed E-state index contributed by atoms with van der Waals surface area (Å²) in [5.41, 5.74) is 6.64. The number of hydrogen-bond acceptors (Lipinski definition) is 3. The average Bonchev–Trinajstić information content (AvgIpc) is 2.36. The van der Waals surface area contributed by atoms with E-state index in [2.05, 4.69) is 13.8 Å². The van der Waals surface area contributed by atoms with Gasteiger partial charge in [0.15, 0.2) is 0 Å². The van der Waals surface area contributed by atoms with E-state index in [1.165, 1.54) is 0 Å². The number of benzene rings is 1. The molecule has 19 heavy (non-hydrogen) atoms. The molecular weight excluding hydrogens is 262 g/mol. The van der Waals surface area contributed by atoms with Crippen molar-refractivity contribution in [3.05, 3.63) is 28.8 Å². The van der Waals surface area contributed by atoms with Gasteiger partial charge < -0.3 is 15.2 Å². The molecule has 0 aromatic heterocycles. The summed E-state index contributed by atoms with van der Waals surface area (Å²) in [4.78, 5) is 0. The summed E-state index contributed by atoms with van der Waals surface area (Å²) in [7, 11) is 0. The molecule has 1 aromatic carbocycles. The Morgan fingerprint density at radius 1 is 1.21 bits per heavy atom. The third-order valence-electron chi connectivity index (χ3n) is 2.75. The average molecular weight is 286 g/mol. The van der Waals surface area contributed by atoms with Gasteiger partial charge in [0.1, 0.15) is 12.4 Å². The van der Waals surface area contributed by atoms with E-state index in [-0.39, 0.29) is 0 Å². The lowest BCUT2D eigenvalue weighted by Crippen LogP contribution is -2.09. The molecule has 0 aliphatic rings. The Labute approximate surface area is 121 Å². The van der Waals surface area contributed by atoms with Crippen molar-refractivity contribution in [3.63, 3.8) is 0 Å². The minimum absolute atomic E-state index is 0.522. The minimum Gasteiger partial charge on any atom is -0.490 e. The molecule has 1 aromatic rings. The topological polar surface area (TPSA) is 44.5 Å². The van der Waals surface area contributed by atoms with Crippen LogP contribution in [0.5, 0.6) is 5.75 Å². The molecule has 0 unspecified atom stereocenters. The van der Waals surface area contributed by atoms with Crippen molar-refractivity contribution in [2.45, 2.75) is 26.7 Å². The van der Waals surface area contributed by atoms with Crippen LogP contribution in [0.15, 0.2) is 18.2 Å². The molecule has 0 aliphatic carbocycles. The van der Waals surface area contributed by atoms with Crippen molar-refractivity contribution in [1.29, 1.82) is 0 Å². The number of hydrogen-bond donors (Lipinski definition) is 1. The lowest BCUT2D eigenvalue weighted by Gasteiger charge is -2.10. The van der Waals surface area contributed by atoms with Crippen LogP contribution in [-0.2, 0) is 11.2 Å². The summed E-state index contributed by atoms with van der Waals surface area (Å²) >= 11 is 6.14.